The Morgan fingerprint density at radius 2 is 1.28 bits per heavy atom. The number of hydrogen-bond acceptors (Lipinski definition) is 3. The lowest BCUT2D eigenvalue weighted by Gasteiger charge is -2.12. The van der Waals surface area contributed by atoms with Gasteiger partial charge < -0.3 is 14.6 Å². The van der Waals surface area contributed by atoms with Crippen LogP contribution in [0.3, 0.4) is 0 Å². The summed E-state index contributed by atoms with van der Waals surface area (Å²) < 4.78 is 11.2. The summed E-state index contributed by atoms with van der Waals surface area (Å²) >= 11 is 0. The summed E-state index contributed by atoms with van der Waals surface area (Å²) in [7, 11) is 0. The van der Waals surface area contributed by atoms with Gasteiger partial charge in [-0.15, -0.1) is 0 Å². The van der Waals surface area contributed by atoms with E-state index in [1.165, 1.54) is 70.6 Å². The Bertz CT molecular complexity index is 431. The molecule has 1 rings (SSSR count). The number of para-hydroxylation sites is 1. The number of ether oxygens (including phenoxy) is 2. The molecule has 1 aromatic carbocycles. The number of hydrogen-bond donors (Lipinski definition) is 1. The van der Waals surface area contributed by atoms with Crippen LogP contribution >= 0.6 is 0 Å². The first-order valence-electron chi connectivity index (χ1n) is 10.4. The smallest absolute Gasteiger partial charge is 0.203 e. The number of phenols is 1. The molecule has 0 bridgehead atoms. The third-order valence-electron chi connectivity index (χ3n) is 4.50. The second kappa shape index (κ2) is 14.9. The number of rotatable bonds is 16. The summed E-state index contributed by atoms with van der Waals surface area (Å²) in [6.07, 6.45) is 16.0. The highest BCUT2D eigenvalue weighted by Crippen LogP contribution is 2.36. The number of phenolic OH excluding ortho intramolecular Hbond substituents is 1. The van der Waals surface area contributed by atoms with E-state index in [9.17, 15) is 5.11 Å². The first-order chi connectivity index (χ1) is 12.3. The second-order valence-corrected chi connectivity index (χ2v) is 6.77. The molecule has 0 saturated carbocycles. The minimum absolute atomic E-state index is 0.147. The van der Waals surface area contributed by atoms with Crippen molar-refractivity contribution in [3.05, 3.63) is 18.2 Å². The monoisotopic (exact) mass is 350 g/mol. The highest BCUT2D eigenvalue weighted by Gasteiger charge is 2.09. The summed E-state index contributed by atoms with van der Waals surface area (Å²) in [5, 5.41) is 9.82. The highest BCUT2D eigenvalue weighted by molar-refractivity contribution is 5.50. The first-order valence-corrected chi connectivity index (χ1v) is 10.4. The predicted octanol–water partition coefficient (Wildman–Crippen LogP) is 6.87. The van der Waals surface area contributed by atoms with Crippen LogP contribution in [0.25, 0.3) is 0 Å². The number of unbranched alkanes of at least 4 members (excludes halogenated alkanes) is 11. The molecule has 0 saturated heterocycles. The quantitative estimate of drug-likeness (QED) is 0.331. The maximum atomic E-state index is 9.82. The van der Waals surface area contributed by atoms with Crippen molar-refractivity contribution in [2.24, 2.45) is 0 Å². The predicted molar refractivity (Wildman–Crippen MR) is 106 cm³/mol. The van der Waals surface area contributed by atoms with E-state index in [-0.39, 0.29) is 5.75 Å². The van der Waals surface area contributed by atoms with Gasteiger partial charge in [0.15, 0.2) is 11.5 Å². The van der Waals surface area contributed by atoms with E-state index in [0.29, 0.717) is 24.7 Å². The van der Waals surface area contributed by atoms with Crippen LogP contribution in [0.5, 0.6) is 17.2 Å². The zero-order valence-corrected chi connectivity index (χ0v) is 16.4. The van der Waals surface area contributed by atoms with E-state index in [2.05, 4.69) is 6.92 Å². The van der Waals surface area contributed by atoms with E-state index in [0.717, 1.165) is 6.42 Å². The lowest BCUT2D eigenvalue weighted by Crippen LogP contribution is -2.01. The first kappa shape index (κ1) is 21.7. The molecule has 25 heavy (non-hydrogen) atoms. The van der Waals surface area contributed by atoms with Crippen LogP contribution in [0.2, 0.25) is 0 Å². The van der Waals surface area contributed by atoms with Crippen LogP contribution in [0, 0.1) is 0 Å². The van der Waals surface area contributed by atoms with E-state index in [1.807, 2.05) is 13.0 Å². The maximum absolute atomic E-state index is 9.82. The van der Waals surface area contributed by atoms with Gasteiger partial charge >= 0.3 is 0 Å². The molecule has 0 unspecified atom stereocenters. The molecule has 0 aliphatic heterocycles. The van der Waals surface area contributed by atoms with Crippen molar-refractivity contribution in [3.63, 3.8) is 0 Å². The van der Waals surface area contributed by atoms with Crippen LogP contribution in [0.15, 0.2) is 18.2 Å². The minimum Gasteiger partial charge on any atom is -0.504 e. The van der Waals surface area contributed by atoms with E-state index in [1.54, 1.807) is 12.1 Å². The zero-order chi connectivity index (χ0) is 18.2. The number of aromatic hydroxyl groups is 1. The van der Waals surface area contributed by atoms with Gasteiger partial charge in [-0.3, -0.25) is 0 Å². The normalized spacial score (nSPS) is 10.8. The standard InChI is InChI=1S/C22H38O3/c1-3-5-6-7-8-9-10-11-12-13-14-15-19-25-21-18-16-17-20(23)22(21)24-4-2/h16-18,23H,3-15,19H2,1-2H3. The molecule has 0 radical (unpaired) electrons. The van der Waals surface area contributed by atoms with E-state index in [4.69, 9.17) is 9.47 Å². The van der Waals surface area contributed by atoms with Crippen LogP contribution in [0.4, 0.5) is 0 Å². The van der Waals surface area contributed by atoms with Gasteiger partial charge in [-0.25, -0.2) is 0 Å². The van der Waals surface area contributed by atoms with Crippen molar-refractivity contribution >= 4 is 0 Å². The fourth-order valence-electron chi connectivity index (χ4n) is 3.03. The highest BCUT2D eigenvalue weighted by atomic mass is 16.5. The molecule has 0 aliphatic rings. The van der Waals surface area contributed by atoms with E-state index < -0.39 is 0 Å². The molecule has 0 fully saturated rings. The zero-order valence-electron chi connectivity index (χ0n) is 16.4. The van der Waals surface area contributed by atoms with Crippen molar-refractivity contribution < 1.29 is 14.6 Å². The van der Waals surface area contributed by atoms with Crippen molar-refractivity contribution in [2.75, 3.05) is 13.2 Å². The molecule has 0 aromatic heterocycles. The Kier molecular flexibility index (Phi) is 12.9. The molecular formula is C22H38O3. The minimum atomic E-state index is 0.147. The van der Waals surface area contributed by atoms with Gasteiger partial charge in [-0.2, -0.15) is 0 Å². The average Bonchev–Trinajstić information content (AvgIpc) is 2.61. The number of benzene rings is 1. The fourth-order valence-corrected chi connectivity index (χ4v) is 3.03. The molecular weight excluding hydrogens is 312 g/mol. The summed E-state index contributed by atoms with van der Waals surface area (Å²) in [6, 6.07) is 5.27. The van der Waals surface area contributed by atoms with Gasteiger partial charge in [0, 0.05) is 0 Å². The van der Waals surface area contributed by atoms with Gasteiger partial charge in [-0.05, 0) is 25.5 Å². The van der Waals surface area contributed by atoms with Gasteiger partial charge in [0.05, 0.1) is 13.2 Å². The second-order valence-electron chi connectivity index (χ2n) is 6.77. The molecule has 1 N–H and O–H groups in total. The van der Waals surface area contributed by atoms with Crippen LogP contribution < -0.4 is 9.47 Å². The van der Waals surface area contributed by atoms with Crippen LogP contribution in [0.1, 0.15) is 90.9 Å². The average molecular weight is 351 g/mol. The molecule has 1 aromatic rings. The Balaban J connectivity index is 1.98. The lowest BCUT2D eigenvalue weighted by molar-refractivity contribution is 0.261. The largest absolute Gasteiger partial charge is 0.504 e. The van der Waals surface area contributed by atoms with Crippen LogP contribution in [-0.2, 0) is 0 Å². The van der Waals surface area contributed by atoms with Gasteiger partial charge in [0.25, 0.3) is 0 Å². The van der Waals surface area contributed by atoms with Crippen molar-refractivity contribution in [1.29, 1.82) is 0 Å². The fraction of sp³-hybridized carbons (Fsp3) is 0.727. The maximum Gasteiger partial charge on any atom is 0.203 e. The lowest BCUT2D eigenvalue weighted by atomic mass is 10.1. The van der Waals surface area contributed by atoms with Crippen molar-refractivity contribution in [3.8, 4) is 17.2 Å². The SMILES string of the molecule is CCCCCCCCCCCCCCOc1cccc(O)c1OCC. The summed E-state index contributed by atoms with van der Waals surface area (Å²) in [4.78, 5) is 0. The van der Waals surface area contributed by atoms with Gasteiger partial charge in [0.2, 0.25) is 5.75 Å². The van der Waals surface area contributed by atoms with Crippen molar-refractivity contribution in [1.82, 2.24) is 0 Å². The molecule has 0 heterocycles. The Morgan fingerprint density at radius 1 is 0.720 bits per heavy atom. The third-order valence-corrected chi connectivity index (χ3v) is 4.50. The molecule has 0 atom stereocenters. The summed E-state index contributed by atoms with van der Waals surface area (Å²) in [5.41, 5.74) is 0. The Labute approximate surface area is 154 Å². The summed E-state index contributed by atoms with van der Waals surface area (Å²) in [6.45, 7) is 5.38. The van der Waals surface area contributed by atoms with E-state index >= 15 is 0 Å². The third kappa shape index (κ3) is 10.3. The van der Waals surface area contributed by atoms with Gasteiger partial charge in [0.1, 0.15) is 0 Å². The Hall–Kier alpha value is -1.38. The Morgan fingerprint density at radius 3 is 1.84 bits per heavy atom. The molecule has 144 valence electrons. The molecule has 3 heteroatoms. The summed E-state index contributed by atoms with van der Waals surface area (Å²) in [5.74, 6) is 1.25. The molecule has 0 aliphatic carbocycles. The molecule has 0 spiro atoms. The van der Waals surface area contributed by atoms with Crippen molar-refractivity contribution in [2.45, 2.75) is 90.9 Å². The topological polar surface area (TPSA) is 38.7 Å². The van der Waals surface area contributed by atoms with Gasteiger partial charge in [-0.1, -0.05) is 83.6 Å². The molecule has 0 amide bonds. The molecule has 3 nitrogen and oxygen atoms in total. The van der Waals surface area contributed by atoms with Crippen LogP contribution in [-0.4, -0.2) is 18.3 Å².